The van der Waals surface area contributed by atoms with Gasteiger partial charge in [-0.25, -0.2) is 9.59 Å². The van der Waals surface area contributed by atoms with Crippen molar-refractivity contribution in [2.24, 2.45) is 0 Å². The van der Waals surface area contributed by atoms with Crippen molar-refractivity contribution >= 4 is 17.7 Å². The molecule has 112 valence electrons. The molecule has 1 aromatic rings. The summed E-state index contributed by atoms with van der Waals surface area (Å²) in [6.07, 6.45) is 0.596. The third kappa shape index (κ3) is 6.01. The summed E-state index contributed by atoms with van der Waals surface area (Å²) in [5.74, 6) is -2.51. The summed E-state index contributed by atoms with van der Waals surface area (Å²) in [5, 5.41) is 8.44. The zero-order chi connectivity index (χ0) is 15.7. The van der Waals surface area contributed by atoms with Gasteiger partial charge in [-0.3, -0.25) is 4.79 Å². The molecular weight excluding hydrogens is 276 g/mol. The van der Waals surface area contributed by atoms with Crippen LogP contribution in [0.25, 0.3) is 0 Å². The first-order chi connectivity index (χ1) is 10.0. The van der Waals surface area contributed by atoms with E-state index in [1.54, 1.807) is 30.3 Å². The average molecular weight is 292 g/mol. The minimum absolute atomic E-state index is 0.191. The fourth-order valence-corrected chi connectivity index (χ4v) is 1.58. The summed E-state index contributed by atoms with van der Waals surface area (Å²) in [6, 6.07) is 8.40. The van der Waals surface area contributed by atoms with Gasteiger partial charge >= 0.3 is 11.9 Å². The summed E-state index contributed by atoms with van der Waals surface area (Å²) in [4.78, 5) is 34.1. The van der Waals surface area contributed by atoms with Crippen LogP contribution in [-0.2, 0) is 19.1 Å². The fraction of sp³-hybridized carbons (Fsp3) is 0.267. The number of methoxy groups -OCH3 is 1. The highest BCUT2D eigenvalue weighted by molar-refractivity contribution is 6.01. The molecule has 0 spiro atoms. The summed E-state index contributed by atoms with van der Waals surface area (Å²) >= 11 is 0. The molecule has 1 unspecified atom stereocenters. The lowest BCUT2D eigenvalue weighted by molar-refractivity contribution is -0.142. The van der Waals surface area contributed by atoms with Gasteiger partial charge < -0.3 is 14.6 Å². The smallest absolute Gasteiger partial charge is 0.331 e. The van der Waals surface area contributed by atoms with Gasteiger partial charge in [-0.15, -0.1) is 0 Å². The van der Waals surface area contributed by atoms with Crippen molar-refractivity contribution in [3.05, 3.63) is 48.0 Å². The molecule has 1 N–H and O–H groups in total. The first-order valence-corrected chi connectivity index (χ1v) is 6.24. The number of esters is 1. The molecule has 0 amide bonds. The van der Waals surface area contributed by atoms with E-state index in [2.05, 4.69) is 0 Å². The van der Waals surface area contributed by atoms with Gasteiger partial charge in [0.25, 0.3) is 0 Å². The maximum absolute atomic E-state index is 12.3. The van der Waals surface area contributed by atoms with Crippen molar-refractivity contribution in [2.45, 2.75) is 12.5 Å². The fourth-order valence-electron chi connectivity index (χ4n) is 1.58. The number of rotatable bonds is 8. The molecule has 0 radical (unpaired) electrons. The van der Waals surface area contributed by atoms with Crippen molar-refractivity contribution in [3.63, 3.8) is 0 Å². The number of carbonyl (C=O) groups is 3. The molecule has 0 aliphatic rings. The van der Waals surface area contributed by atoms with Gasteiger partial charge in [0.1, 0.15) is 0 Å². The van der Waals surface area contributed by atoms with Crippen molar-refractivity contribution in [1.82, 2.24) is 0 Å². The monoisotopic (exact) mass is 292 g/mol. The highest BCUT2D eigenvalue weighted by atomic mass is 16.5. The number of carbonyl (C=O) groups excluding carboxylic acids is 2. The van der Waals surface area contributed by atoms with E-state index in [4.69, 9.17) is 14.6 Å². The van der Waals surface area contributed by atoms with Crippen molar-refractivity contribution < 1.29 is 29.0 Å². The normalized spacial score (nSPS) is 12.0. The van der Waals surface area contributed by atoms with Gasteiger partial charge in [0.15, 0.2) is 6.10 Å². The van der Waals surface area contributed by atoms with E-state index in [9.17, 15) is 14.4 Å². The predicted molar refractivity (Wildman–Crippen MR) is 73.9 cm³/mol. The first-order valence-electron chi connectivity index (χ1n) is 6.24. The van der Waals surface area contributed by atoms with E-state index in [0.717, 1.165) is 6.08 Å². The Morgan fingerprint density at radius 3 is 2.43 bits per heavy atom. The second-order valence-corrected chi connectivity index (χ2v) is 4.11. The number of benzene rings is 1. The van der Waals surface area contributed by atoms with Gasteiger partial charge in [0, 0.05) is 31.2 Å². The van der Waals surface area contributed by atoms with E-state index in [0.29, 0.717) is 11.6 Å². The summed E-state index contributed by atoms with van der Waals surface area (Å²) in [7, 11) is 1.47. The largest absolute Gasteiger partial charge is 0.478 e. The molecule has 1 atom stereocenters. The Labute approximate surface area is 122 Å². The quantitative estimate of drug-likeness (QED) is 0.443. The van der Waals surface area contributed by atoms with Crippen LogP contribution in [0.15, 0.2) is 42.5 Å². The highest BCUT2D eigenvalue weighted by Crippen LogP contribution is 2.10. The zero-order valence-corrected chi connectivity index (χ0v) is 11.5. The Balaban J connectivity index is 2.78. The molecule has 0 fully saturated rings. The van der Waals surface area contributed by atoms with E-state index in [1.165, 1.54) is 7.11 Å². The number of carboxylic acids is 1. The average Bonchev–Trinajstić information content (AvgIpc) is 2.49. The van der Waals surface area contributed by atoms with Gasteiger partial charge in [-0.05, 0) is 0 Å². The molecule has 0 aromatic heterocycles. The molecule has 0 saturated carbocycles. The van der Waals surface area contributed by atoms with Crippen molar-refractivity contribution in [1.29, 1.82) is 0 Å². The Morgan fingerprint density at radius 2 is 1.86 bits per heavy atom. The van der Waals surface area contributed by atoms with Crippen LogP contribution in [0.4, 0.5) is 0 Å². The zero-order valence-electron chi connectivity index (χ0n) is 11.5. The lowest BCUT2D eigenvalue weighted by Crippen LogP contribution is -2.28. The number of ketones is 1. The Morgan fingerprint density at radius 1 is 1.19 bits per heavy atom. The predicted octanol–water partition coefficient (Wildman–Crippen LogP) is 1.46. The first kappa shape index (κ1) is 16.6. The van der Waals surface area contributed by atoms with Crippen molar-refractivity contribution in [3.8, 4) is 0 Å². The molecule has 0 heterocycles. The van der Waals surface area contributed by atoms with Crippen LogP contribution in [-0.4, -0.2) is 42.6 Å². The summed E-state index contributed by atoms with van der Waals surface area (Å²) in [5.41, 5.74) is 0.411. The second kappa shape index (κ2) is 8.65. The molecule has 0 bridgehead atoms. The van der Waals surface area contributed by atoms with Gasteiger partial charge in [-0.1, -0.05) is 30.3 Å². The number of Topliss-reactive ketones (excluding diaryl/α,β-unsaturated/α-hetero) is 1. The Kier molecular flexibility index (Phi) is 6.83. The maximum Gasteiger partial charge on any atom is 0.331 e. The van der Waals surface area contributed by atoms with Gasteiger partial charge in [0.2, 0.25) is 5.78 Å². The van der Waals surface area contributed by atoms with E-state index in [1.807, 2.05) is 0 Å². The maximum atomic E-state index is 12.3. The molecular formula is C15H16O6. The summed E-state index contributed by atoms with van der Waals surface area (Å²) in [6.45, 7) is 0.235. The number of hydrogen-bond donors (Lipinski definition) is 1. The minimum Gasteiger partial charge on any atom is -0.478 e. The van der Waals surface area contributed by atoms with E-state index >= 15 is 0 Å². The number of aliphatic carboxylic acids is 1. The number of ether oxygens (including phenoxy) is 2. The lowest BCUT2D eigenvalue weighted by Gasteiger charge is -2.15. The Bertz CT molecular complexity index is 520. The Hall–Kier alpha value is -2.47. The van der Waals surface area contributed by atoms with Crippen molar-refractivity contribution in [2.75, 3.05) is 13.7 Å². The SMILES string of the molecule is COCCC(OC(=O)/C=C/C(=O)O)C(=O)c1ccccc1. The molecule has 21 heavy (non-hydrogen) atoms. The third-order valence-electron chi connectivity index (χ3n) is 2.56. The summed E-state index contributed by atoms with van der Waals surface area (Å²) < 4.78 is 9.88. The molecule has 0 saturated heterocycles. The van der Waals surface area contributed by atoms with Crippen LogP contribution >= 0.6 is 0 Å². The highest BCUT2D eigenvalue weighted by Gasteiger charge is 2.23. The van der Waals surface area contributed by atoms with Crippen LogP contribution in [0.2, 0.25) is 0 Å². The number of carboxylic acid groups (broad SMARTS) is 1. The topological polar surface area (TPSA) is 89.9 Å². The third-order valence-corrected chi connectivity index (χ3v) is 2.56. The molecule has 0 aliphatic carbocycles. The number of hydrogen-bond acceptors (Lipinski definition) is 5. The van der Waals surface area contributed by atoms with Crippen LogP contribution in [0.5, 0.6) is 0 Å². The van der Waals surface area contributed by atoms with Crippen LogP contribution in [0, 0.1) is 0 Å². The standard InChI is InChI=1S/C15H16O6/c1-20-10-9-12(21-14(18)8-7-13(16)17)15(19)11-5-3-2-4-6-11/h2-8,12H,9-10H2,1H3,(H,16,17)/b8-7+. The van der Waals surface area contributed by atoms with Crippen LogP contribution in [0.1, 0.15) is 16.8 Å². The van der Waals surface area contributed by atoms with Gasteiger partial charge in [0.05, 0.1) is 6.61 Å². The molecule has 6 heteroatoms. The van der Waals surface area contributed by atoms with Crippen LogP contribution < -0.4 is 0 Å². The molecule has 0 aliphatic heterocycles. The van der Waals surface area contributed by atoms with E-state index in [-0.39, 0.29) is 18.8 Å². The second-order valence-electron chi connectivity index (χ2n) is 4.11. The minimum atomic E-state index is -1.27. The molecule has 1 rings (SSSR count). The lowest BCUT2D eigenvalue weighted by atomic mass is 10.0. The van der Waals surface area contributed by atoms with E-state index < -0.39 is 18.0 Å². The molecule has 1 aromatic carbocycles. The van der Waals surface area contributed by atoms with Gasteiger partial charge in [-0.2, -0.15) is 0 Å². The molecule has 6 nitrogen and oxygen atoms in total. The van der Waals surface area contributed by atoms with Crippen LogP contribution in [0.3, 0.4) is 0 Å².